The minimum atomic E-state index is -0.0235. The quantitative estimate of drug-likeness (QED) is 0.670. The van der Waals surface area contributed by atoms with E-state index in [0.29, 0.717) is 23.6 Å². The number of para-hydroxylation sites is 2. The molecule has 21 heavy (non-hydrogen) atoms. The number of fused-ring (bicyclic) bond motifs is 1. The number of carbonyl (C=O) groups is 1. The smallest absolute Gasteiger partial charge is 0.203 e. The van der Waals surface area contributed by atoms with Crippen molar-refractivity contribution in [2.24, 2.45) is 0 Å². The van der Waals surface area contributed by atoms with Gasteiger partial charge in [-0.05, 0) is 43.3 Å². The fourth-order valence-corrected chi connectivity index (χ4v) is 2.14. The number of carbonyl (C=O) groups excluding carboxylic acids is 1. The third kappa shape index (κ3) is 2.94. The molecule has 0 saturated carbocycles. The Bertz CT molecular complexity index is 726. The largest absolute Gasteiger partial charge is 0.494 e. The molecule has 3 rings (SSSR count). The Morgan fingerprint density at radius 3 is 2.62 bits per heavy atom. The Balaban J connectivity index is 1.76. The molecule has 3 aromatic rings. The van der Waals surface area contributed by atoms with Crippen LogP contribution < -0.4 is 4.74 Å². The van der Waals surface area contributed by atoms with E-state index in [4.69, 9.17) is 9.15 Å². The Labute approximate surface area is 122 Å². The van der Waals surface area contributed by atoms with Crippen molar-refractivity contribution < 1.29 is 13.9 Å². The zero-order valence-corrected chi connectivity index (χ0v) is 11.7. The van der Waals surface area contributed by atoms with Crippen LogP contribution in [-0.2, 0) is 6.42 Å². The first kappa shape index (κ1) is 13.4. The lowest BCUT2D eigenvalue weighted by molar-refractivity contribution is 0.0986. The number of hydrogen-bond acceptors (Lipinski definition) is 4. The number of Topliss-reactive ketones (excluding diaryl/α,β-unsaturated/α-hetero) is 1. The van der Waals surface area contributed by atoms with Crippen LogP contribution in [0.5, 0.6) is 5.75 Å². The molecule has 0 aliphatic heterocycles. The maximum absolute atomic E-state index is 12.2. The number of nitrogens with zero attached hydrogens (tertiary/aromatic N) is 1. The highest BCUT2D eigenvalue weighted by atomic mass is 16.5. The summed E-state index contributed by atoms with van der Waals surface area (Å²) >= 11 is 0. The van der Waals surface area contributed by atoms with Gasteiger partial charge >= 0.3 is 0 Å². The van der Waals surface area contributed by atoms with E-state index in [1.807, 2.05) is 31.2 Å². The van der Waals surface area contributed by atoms with Crippen LogP contribution >= 0.6 is 0 Å². The molecular weight excluding hydrogens is 266 g/mol. The molecule has 0 unspecified atom stereocenters. The first-order valence-corrected chi connectivity index (χ1v) is 6.87. The molecule has 1 heterocycles. The van der Waals surface area contributed by atoms with Gasteiger partial charge in [-0.1, -0.05) is 12.1 Å². The predicted octanol–water partition coefficient (Wildman–Crippen LogP) is 3.65. The average Bonchev–Trinajstić information content (AvgIpc) is 2.90. The minimum absolute atomic E-state index is 0.0235. The SMILES string of the molecule is CCOc1ccc(C(=O)Cc2nc3ccccc3o2)cc1. The van der Waals surface area contributed by atoms with Gasteiger partial charge in [0.2, 0.25) is 5.89 Å². The van der Waals surface area contributed by atoms with Crippen LogP contribution in [0.1, 0.15) is 23.2 Å². The Kier molecular flexibility index (Phi) is 3.69. The fraction of sp³-hybridized carbons (Fsp3) is 0.176. The zero-order valence-electron chi connectivity index (χ0n) is 11.7. The highest BCUT2D eigenvalue weighted by Gasteiger charge is 2.12. The van der Waals surface area contributed by atoms with E-state index in [9.17, 15) is 4.79 Å². The van der Waals surface area contributed by atoms with Crippen LogP contribution in [0, 0.1) is 0 Å². The molecule has 0 aliphatic carbocycles. The van der Waals surface area contributed by atoms with Gasteiger partial charge in [-0.3, -0.25) is 4.79 Å². The van der Waals surface area contributed by atoms with Crippen molar-refractivity contribution in [3.05, 3.63) is 60.0 Å². The van der Waals surface area contributed by atoms with E-state index in [1.165, 1.54) is 0 Å². The van der Waals surface area contributed by atoms with Crippen molar-refractivity contribution in [1.29, 1.82) is 0 Å². The number of oxazole rings is 1. The normalized spacial score (nSPS) is 10.7. The summed E-state index contributed by atoms with van der Waals surface area (Å²) in [6, 6.07) is 14.6. The summed E-state index contributed by atoms with van der Waals surface area (Å²) in [4.78, 5) is 16.5. The van der Waals surface area contributed by atoms with Crippen molar-refractivity contribution in [3.63, 3.8) is 0 Å². The molecule has 2 aromatic carbocycles. The van der Waals surface area contributed by atoms with Crippen LogP contribution in [0.25, 0.3) is 11.1 Å². The number of aromatic nitrogens is 1. The summed E-state index contributed by atoms with van der Waals surface area (Å²) in [6.45, 7) is 2.53. The lowest BCUT2D eigenvalue weighted by Crippen LogP contribution is -2.03. The molecule has 0 fully saturated rings. The maximum Gasteiger partial charge on any atom is 0.203 e. The highest BCUT2D eigenvalue weighted by Crippen LogP contribution is 2.17. The maximum atomic E-state index is 12.2. The number of rotatable bonds is 5. The van der Waals surface area contributed by atoms with Gasteiger partial charge in [0.25, 0.3) is 0 Å². The molecule has 0 amide bonds. The first-order chi connectivity index (χ1) is 10.3. The van der Waals surface area contributed by atoms with Crippen LogP contribution in [0.2, 0.25) is 0 Å². The first-order valence-electron chi connectivity index (χ1n) is 6.87. The standard InChI is InChI=1S/C17H15NO3/c1-2-20-13-9-7-12(8-10-13)15(19)11-17-18-14-5-3-4-6-16(14)21-17/h3-10H,2,11H2,1H3. The van der Waals surface area contributed by atoms with Gasteiger partial charge in [0, 0.05) is 5.56 Å². The molecule has 0 saturated heterocycles. The van der Waals surface area contributed by atoms with Crippen molar-refractivity contribution in [3.8, 4) is 5.75 Å². The molecule has 0 N–H and O–H groups in total. The highest BCUT2D eigenvalue weighted by molar-refractivity contribution is 5.97. The van der Waals surface area contributed by atoms with E-state index in [-0.39, 0.29) is 12.2 Å². The monoisotopic (exact) mass is 281 g/mol. The van der Waals surface area contributed by atoms with Gasteiger partial charge in [-0.2, -0.15) is 0 Å². The lowest BCUT2D eigenvalue weighted by atomic mass is 10.1. The van der Waals surface area contributed by atoms with E-state index in [1.54, 1.807) is 24.3 Å². The van der Waals surface area contributed by atoms with Crippen LogP contribution in [-0.4, -0.2) is 17.4 Å². The second kappa shape index (κ2) is 5.79. The van der Waals surface area contributed by atoms with E-state index in [0.717, 1.165) is 11.3 Å². The summed E-state index contributed by atoms with van der Waals surface area (Å²) in [7, 11) is 0. The van der Waals surface area contributed by atoms with Gasteiger partial charge in [-0.15, -0.1) is 0 Å². The molecule has 0 radical (unpaired) electrons. The second-order valence-electron chi connectivity index (χ2n) is 4.63. The van der Waals surface area contributed by atoms with E-state index < -0.39 is 0 Å². The van der Waals surface area contributed by atoms with Crippen LogP contribution in [0.4, 0.5) is 0 Å². The van der Waals surface area contributed by atoms with Gasteiger partial charge in [0.05, 0.1) is 13.0 Å². The molecule has 0 aliphatic rings. The van der Waals surface area contributed by atoms with Crippen LogP contribution in [0.15, 0.2) is 52.9 Å². The molecule has 0 bridgehead atoms. The molecule has 106 valence electrons. The molecule has 4 nitrogen and oxygen atoms in total. The van der Waals surface area contributed by atoms with E-state index >= 15 is 0 Å². The van der Waals surface area contributed by atoms with Gasteiger partial charge in [-0.25, -0.2) is 4.98 Å². The minimum Gasteiger partial charge on any atom is -0.494 e. The van der Waals surface area contributed by atoms with Crippen molar-refractivity contribution in [2.75, 3.05) is 6.61 Å². The van der Waals surface area contributed by atoms with Crippen molar-refractivity contribution >= 4 is 16.9 Å². The topological polar surface area (TPSA) is 52.3 Å². The summed E-state index contributed by atoms with van der Waals surface area (Å²) in [5.74, 6) is 1.18. The van der Waals surface area contributed by atoms with Crippen molar-refractivity contribution in [1.82, 2.24) is 4.98 Å². The third-order valence-corrected chi connectivity index (χ3v) is 3.14. The third-order valence-electron chi connectivity index (χ3n) is 3.14. The second-order valence-corrected chi connectivity index (χ2v) is 4.63. The lowest BCUT2D eigenvalue weighted by Gasteiger charge is -2.03. The number of hydrogen-bond donors (Lipinski definition) is 0. The Hall–Kier alpha value is -2.62. The summed E-state index contributed by atoms with van der Waals surface area (Å²) in [6.07, 6.45) is 0.155. The predicted molar refractivity (Wildman–Crippen MR) is 79.7 cm³/mol. The van der Waals surface area contributed by atoms with Crippen LogP contribution in [0.3, 0.4) is 0 Å². The summed E-state index contributed by atoms with van der Waals surface area (Å²) in [5, 5.41) is 0. The molecule has 1 aromatic heterocycles. The van der Waals surface area contributed by atoms with Gasteiger partial charge < -0.3 is 9.15 Å². The summed E-state index contributed by atoms with van der Waals surface area (Å²) < 4.78 is 10.9. The van der Waals surface area contributed by atoms with E-state index in [2.05, 4.69) is 4.98 Å². The molecular formula is C17H15NO3. The number of benzene rings is 2. The molecule has 4 heteroatoms. The van der Waals surface area contributed by atoms with Gasteiger partial charge in [0.1, 0.15) is 11.3 Å². The number of ether oxygens (including phenoxy) is 1. The Morgan fingerprint density at radius 1 is 1.14 bits per heavy atom. The zero-order chi connectivity index (χ0) is 14.7. The van der Waals surface area contributed by atoms with Crippen molar-refractivity contribution in [2.45, 2.75) is 13.3 Å². The molecule has 0 atom stereocenters. The fourth-order valence-electron chi connectivity index (χ4n) is 2.14. The summed E-state index contributed by atoms with van der Waals surface area (Å²) in [5.41, 5.74) is 2.10. The van der Waals surface area contributed by atoms with Gasteiger partial charge in [0.15, 0.2) is 11.4 Å². The number of ketones is 1. The molecule has 0 spiro atoms. The Morgan fingerprint density at radius 2 is 1.90 bits per heavy atom. The average molecular weight is 281 g/mol.